The molecule has 0 spiro atoms. The molecule has 2 amide bonds. The molecule has 1 saturated carbocycles. The lowest BCUT2D eigenvalue weighted by Crippen LogP contribution is -2.46. The number of carbonyl (C=O) groups is 2. The number of benzene rings is 2. The monoisotopic (exact) mass is 572 g/mol. The molecular formula is C32H37ClN6O2. The van der Waals surface area contributed by atoms with E-state index in [0.29, 0.717) is 43.4 Å². The Morgan fingerprint density at radius 2 is 1.80 bits per heavy atom. The lowest BCUT2D eigenvalue weighted by Gasteiger charge is -2.23. The van der Waals surface area contributed by atoms with Crippen molar-refractivity contribution in [2.24, 2.45) is 10.7 Å². The molecule has 0 saturated heterocycles. The third-order valence-electron chi connectivity index (χ3n) is 7.78. The van der Waals surface area contributed by atoms with Gasteiger partial charge in [-0.2, -0.15) is 0 Å². The molecule has 2 aromatic heterocycles. The summed E-state index contributed by atoms with van der Waals surface area (Å²) in [5, 5.41) is 7.99. The van der Waals surface area contributed by atoms with Crippen LogP contribution in [-0.2, 0) is 11.3 Å². The van der Waals surface area contributed by atoms with Gasteiger partial charge in [-0.25, -0.2) is 4.98 Å². The van der Waals surface area contributed by atoms with Crippen LogP contribution < -0.4 is 16.4 Å². The van der Waals surface area contributed by atoms with E-state index >= 15 is 0 Å². The molecule has 41 heavy (non-hydrogen) atoms. The average Bonchev–Trinajstić information content (AvgIpc) is 3.40. The molecule has 214 valence electrons. The van der Waals surface area contributed by atoms with Crippen molar-refractivity contribution in [3.63, 3.8) is 0 Å². The molecule has 4 aromatic rings. The van der Waals surface area contributed by atoms with Gasteiger partial charge in [0.2, 0.25) is 5.91 Å². The number of hydrogen-bond acceptors (Lipinski definition) is 4. The maximum absolute atomic E-state index is 13.7. The highest BCUT2D eigenvalue weighted by Gasteiger charge is 2.26. The summed E-state index contributed by atoms with van der Waals surface area (Å²) >= 11 is 5.73. The predicted octanol–water partition coefficient (Wildman–Crippen LogP) is 5.55. The molecule has 0 bridgehead atoms. The lowest BCUT2D eigenvalue weighted by atomic mass is 9.86. The molecule has 5 rings (SSSR count). The summed E-state index contributed by atoms with van der Waals surface area (Å²) < 4.78 is 0. The molecule has 2 heterocycles. The number of amides is 2. The van der Waals surface area contributed by atoms with E-state index in [1.165, 1.54) is 6.42 Å². The SMILES string of the molecule is NC(CCl)=NCCC[C@H](NC(=O)c1cc2c([nH]c3ccccc32)c(C2CCCCC2)n1)C(=O)NCc1ccccc1. The highest BCUT2D eigenvalue weighted by molar-refractivity contribution is 6.27. The van der Waals surface area contributed by atoms with Crippen LogP contribution in [0.4, 0.5) is 0 Å². The minimum absolute atomic E-state index is 0.156. The fourth-order valence-corrected chi connectivity index (χ4v) is 5.71. The van der Waals surface area contributed by atoms with Crippen LogP contribution in [0.25, 0.3) is 21.8 Å². The minimum Gasteiger partial charge on any atom is -0.386 e. The van der Waals surface area contributed by atoms with Crippen LogP contribution in [-0.4, -0.2) is 46.1 Å². The van der Waals surface area contributed by atoms with Gasteiger partial charge >= 0.3 is 0 Å². The number of nitrogens with two attached hydrogens (primary N) is 1. The molecule has 9 heteroatoms. The zero-order valence-corrected chi connectivity index (χ0v) is 23.9. The van der Waals surface area contributed by atoms with Crippen molar-refractivity contribution in [2.75, 3.05) is 12.4 Å². The van der Waals surface area contributed by atoms with E-state index in [4.69, 9.17) is 22.3 Å². The van der Waals surface area contributed by atoms with Crippen molar-refractivity contribution in [3.8, 4) is 0 Å². The first-order valence-corrected chi connectivity index (χ1v) is 15.0. The number of fused-ring (bicyclic) bond motifs is 3. The highest BCUT2D eigenvalue weighted by atomic mass is 35.5. The third-order valence-corrected chi connectivity index (χ3v) is 8.06. The molecule has 8 nitrogen and oxygen atoms in total. The number of aromatic amines is 1. The number of halogens is 1. The van der Waals surface area contributed by atoms with Crippen molar-refractivity contribution in [1.29, 1.82) is 0 Å². The largest absolute Gasteiger partial charge is 0.386 e. The number of amidine groups is 1. The van der Waals surface area contributed by atoms with E-state index in [0.717, 1.165) is 58.7 Å². The third kappa shape index (κ3) is 7.06. The Labute approximate surface area is 245 Å². The Hall–Kier alpha value is -3.91. The van der Waals surface area contributed by atoms with Crippen LogP contribution in [0.1, 0.15) is 72.6 Å². The summed E-state index contributed by atoms with van der Waals surface area (Å²) in [7, 11) is 0. The van der Waals surface area contributed by atoms with Gasteiger partial charge in [0.05, 0.1) is 17.1 Å². The van der Waals surface area contributed by atoms with E-state index < -0.39 is 6.04 Å². The quantitative estimate of drug-likeness (QED) is 0.0813. The Bertz CT molecular complexity index is 1530. The van der Waals surface area contributed by atoms with Crippen LogP contribution >= 0.6 is 11.6 Å². The van der Waals surface area contributed by atoms with Gasteiger partial charge in [-0.15, -0.1) is 11.6 Å². The smallest absolute Gasteiger partial charge is 0.270 e. The first-order valence-electron chi connectivity index (χ1n) is 14.4. The molecular weight excluding hydrogens is 536 g/mol. The highest BCUT2D eigenvalue weighted by Crippen LogP contribution is 2.37. The van der Waals surface area contributed by atoms with Gasteiger partial charge in [0, 0.05) is 35.3 Å². The first-order chi connectivity index (χ1) is 20.0. The van der Waals surface area contributed by atoms with Crippen molar-refractivity contribution >= 4 is 51.1 Å². The van der Waals surface area contributed by atoms with E-state index in [9.17, 15) is 9.59 Å². The molecule has 1 aliphatic carbocycles. The minimum atomic E-state index is -0.753. The Kier molecular flexibility index (Phi) is 9.51. The summed E-state index contributed by atoms with van der Waals surface area (Å²) in [6.45, 7) is 0.789. The van der Waals surface area contributed by atoms with Gasteiger partial charge in [-0.1, -0.05) is 67.8 Å². The molecule has 0 aliphatic heterocycles. The summed E-state index contributed by atoms with van der Waals surface area (Å²) in [5.74, 6) is 0.188. The standard InChI is InChI=1S/C32H37ClN6O2/c33-19-28(34)35-17-9-16-26(31(40)36-20-21-10-3-1-4-11-21)39-32(41)27-18-24-23-14-7-8-15-25(23)37-30(24)29(38-27)22-12-5-2-6-13-22/h1,3-4,7-8,10-11,14-15,18,22,26,37H,2,5-6,9,12-13,16-17,19-20H2,(H2,34,35)(H,36,40)(H,39,41)/t26-/m0/s1. The topological polar surface area (TPSA) is 125 Å². The number of hydrogen-bond donors (Lipinski definition) is 4. The predicted molar refractivity (Wildman–Crippen MR) is 165 cm³/mol. The number of H-pyrrole nitrogens is 1. The maximum Gasteiger partial charge on any atom is 0.270 e. The normalized spacial score (nSPS) is 15.2. The van der Waals surface area contributed by atoms with Gasteiger partial charge in [0.1, 0.15) is 17.6 Å². The van der Waals surface area contributed by atoms with Gasteiger partial charge in [-0.3, -0.25) is 14.6 Å². The number of carbonyl (C=O) groups excluding carboxylic acids is 2. The second-order valence-corrected chi connectivity index (χ2v) is 11.0. The number of pyridine rings is 1. The molecule has 1 aliphatic rings. The van der Waals surface area contributed by atoms with Crippen molar-refractivity contribution in [2.45, 2.75) is 63.5 Å². The lowest BCUT2D eigenvalue weighted by molar-refractivity contribution is -0.123. The molecule has 1 fully saturated rings. The maximum atomic E-state index is 13.7. The average molecular weight is 573 g/mol. The number of aliphatic imine (C=N–C) groups is 1. The number of para-hydroxylation sites is 1. The molecule has 0 radical (unpaired) electrons. The second-order valence-electron chi connectivity index (χ2n) is 10.7. The fourth-order valence-electron chi connectivity index (χ4n) is 5.63. The Morgan fingerprint density at radius 1 is 1.05 bits per heavy atom. The van der Waals surface area contributed by atoms with E-state index in [1.807, 2.05) is 54.6 Å². The van der Waals surface area contributed by atoms with Crippen LogP contribution in [0.2, 0.25) is 0 Å². The van der Waals surface area contributed by atoms with Crippen LogP contribution in [0, 0.1) is 0 Å². The zero-order valence-electron chi connectivity index (χ0n) is 23.2. The number of rotatable bonds is 11. The molecule has 0 unspecified atom stereocenters. The van der Waals surface area contributed by atoms with Crippen LogP contribution in [0.3, 0.4) is 0 Å². The second kappa shape index (κ2) is 13.6. The zero-order chi connectivity index (χ0) is 28.6. The van der Waals surface area contributed by atoms with E-state index in [1.54, 1.807) is 0 Å². The van der Waals surface area contributed by atoms with E-state index in [2.05, 4.69) is 26.7 Å². The van der Waals surface area contributed by atoms with Gasteiger partial charge in [0.15, 0.2) is 0 Å². The Balaban J connectivity index is 1.41. The summed E-state index contributed by atoms with van der Waals surface area (Å²) in [4.78, 5) is 39.7. The van der Waals surface area contributed by atoms with Crippen LogP contribution in [0.5, 0.6) is 0 Å². The molecule has 5 N–H and O–H groups in total. The summed E-state index contributed by atoms with van der Waals surface area (Å²) in [6.07, 6.45) is 6.61. The van der Waals surface area contributed by atoms with Crippen molar-refractivity contribution < 1.29 is 9.59 Å². The summed E-state index contributed by atoms with van der Waals surface area (Å²) in [5.41, 5.74) is 10.0. The number of alkyl halides is 1. The van der Waals surface area contributed by atoms with Gasteiger partial charge in [0.25, 0.3) is 5.91 Å². The van der Waals surface area contributed by atoms with Crippen molar-refractivity contribution in [3.05, 3.63) is 77.6 Å². The number of aromatic nitrogens is 2. The number of nitrogens with one attached hydrogen (secondary N) is 3. The number of nitrogens with zero attached hydrogens (tertiary/aromatic N) is 2. The summed E-state index contributed by atoms with van der Waals surface area (Å²) in [6, 6.07) is 18.9. The van der Waals surface area contributed by atoms with Gasteiger partial charge < -0.3 is 21.4 Å². The van der Waals surface area contributed by atoms with Crippen molar-refractivity contribution in [1.82, 2.24) is 20.6 Å². The molecule has 1 atom stereocenters. The molecule has 2 aromatic carbocycles. The van der Waals surface area contributed by atoms with Crippen LogP contribution in [0.15, 0.2) is 65.7 Å². The van der Waals surface area contributed by atoms with Gasteiger partial charge in [-0.05, 0) is 43.4 Å². The Morgan fingerprint density at radius 3 is 2.59 bits per heavy atom. The fraction of sp³-hybridized carbons (Fsp3) is 0.375. The van der Waals surface area contributed by atoms with E-state index in [-0.39, 0.29) is 17.7 Å². The first kappa shape index (κ1) is 28.6.